The number of nitrogens with one attached hydrogen (secondary N) is 1. The number of halogens is 1. The normalized spacial score (nSPS) is 13.4. The molecule has 178 valence electrons. The number of methoxy groups -OCH3 is 1. The van der Waals surface area contributed by atoms with Gasteiger partial charge in [0, 0.05) is 42.5 Å². The molecule has 1 aliphatic heterocycles. The molecular weight excluding hydrogens is 458 g/mol. The Morgan fingerprint density at radius 3 is 2.69 bits per heavy atom. The van der Waals surface area contributed by atoms with Crippen LogP contribution in [-0.4, -0.2) is 24.2 Å². The maximum absolute atomic E-state index is 13.5. The summed E-state index contributed by atoms with van der Waals surface area (Å²) < 4.78 is 5.22. The third kappa shape index (κ3) is 6.06. The first-order valence-corrected chi connectivity index (χ1v) is 11.9. The Labute approximate surface area is 211 Å². The van der Waals surface area contributed by atoms with Crippen molar-refractivity contribution in [2.24, 2.45) is 4.99 Å². The van der Waals surface area contributed by atoms with Gasteiger partial charge in [-0.05, 0) is 84.9 Å². The highest BCUT2D eigenvalue weighted by Crippen LogP contribution is 2.31. The largest absolute Gasteiger partial charge is 0.495 e. The van der Waals surface area contributed by atoms with Crippen molar-refractivity contribution in [3.8, 4) is 16.9 Å². The van der Waals surface area contributed by atoms with E-state index in [1.807, 2.05) is 55.9 Å². The van der Waals surface area contributed by atoms with Crippen molar-refractivity contribution >= 4 is 29.3 Å². The van der Waals surface area contributed by atoms with E-state index in [0.29, 0.717) is 22.9 Å². The van der Waals surface area contributed by atoms with Gasteiger partial charge in [0.25, 0.3) is 5.91 Å². The lowest BCUT2D eigenvalue weighted by molar-refractivity contribution is 0.0950. The molecule has 0 atom stereocenters. The van der Waals surface area contributed by atoms with E-state index in [1.165, 1.54) is 5.57 Å². The molecule has 0 unspecified atom stereocenters. The van der Waals surface area contributed by atoms with Crippen molar-refractivity contribution in [2.45, 2.75) is 33.2 Å². The van der Waals surface area contributed by atoms with Gasteiger partial charge in [0.05, 0.1) is 12.1 Å². The minimum atomic E-state index is -0.159. The lowest BCUT2D eigenvalue weighted by Crippen LogP contribution is -2.24. The average Bonchev–Trinajstić information content (AvgIpc) is 2.85. The van der Waals surface area contributed by atoms with Crippen LogP contribution in [0.15, 0.2) is 77.7 Å². The fourth-order valence-corrected chi connectivity index (χ4v) is 4.27. The SMILES string of the molecule is COc1ccc(CNC(=O)c2cc(-c3cncc(C)c3)ccc2C2=CN=CC=C(C)CC2)cc1Cl. The third-order valence-corrected chi connectivity index (χ3v) is 6.25. The zero-order valence-electron chi connectivity index (χ0n) is 20.1. The maximum Gasteiger partial charge on any atom is 0.252 e. The second kappa shape index (κ2) is 11.2. The molecule has 1 aromatic heterocycles. The van der Waals surface area contributed by atoms with Crippen LogP contribution in [0.2, 0.25) is 5.02 Å². The summed E-state index contributed by atoms with van der Waals surface area (Å²) in [5, 5.41) is 3.56. The van der Waals surface area contributed by atoms with Gasteiger partial charge in [-0.2, -0.15) is 0 Å². The molecule has 0 fully saturated rings. The van der Waals surface area contributed by atoms with E-state index in [9.17, 15) is 4.79 Å². The van der Waals surface area contributed by atoms with E-state index in [-0.39, 0.29) is 5.91 Å². The summed E-state index contributed by atoms with van der Waals surface area (Å²) in [4.78, 5) is 22.2. The predicted molar refractivity (Wildman–Crippen MR) is 143 cm³/mol. The Morgan fingerprint density at radius 1 is 1.06 bits per heavy atom. The summed E-state index contributed by atoms with van der Waals surface area (Å²) in [5.41, 5.74) is 7.63. The number of allylic oxidation sites excluding steroid dienone is 3. The molecule has 0 aliphatic carbocycles. The molecule has 0 radical (unpaired) electrons. The molecule has 1 aliphatic rings. The molecule has 0 saturated carbocycles. The fourth-order valence-electron chi connectivity index (χ4n) is 3.99. The molecule has 5 nitrogen and oxygen atoms in total. The number of aryl methyl sites for hydroxylation is 1. The van der Waals surface area contributed by atoms with Crippen LogP contribution >= 0.6 is 11.6 Å². The van der Waals surface area contributed by atoms with Crippen LogP contribution in [0.4, 0.5) is 0 Å². The Kier molecular flexibility index (Phi) is 7.78. The maximum atomic E-state index is 13.5. The molecule has 4 rings (SSSR count). The summed E-state index contributed by atoms with van der Waals surface area (Å²) in [6.45, 7) is 4.44. The van der Waals surface area contributed by atoms with E-state index in [4.69, 9.17) is 16.3 Å². The summed E-state index contributed by atoms with van der Waals surface area (Å²) in [6, 6.07) is 13.6. The first-order valence-electron chi connectivity index (χ1n) is 11.5. The third-order valence-electron chi connectivity index (χ3n) is 5.95. The molecule has 2 heterocycles. The van der Waals surface area contributed by atoms with Gasteiger partial charge in [-0.1, -0.05) is 35.4 Å². The molecule has 35 heavy (non-hydrogen) atoms. The van der Waals surface area contributed by atoms with Gasteiger partial charge in [0.15, 0.2) is 0 Å². The van der Waals surface area contributed by atoms with E-state index in [2.05, 4.69) is 28.3 Å². The number of ether oxygens (including phenoxy) is 1. The van der Waals surface area contributed by atoms with Gasteiger partial charge in [0.2, 0.25) is 0 Å². The van der Waals surface area contributed by atoms with Crippen LogP contribution in [0.25, 0.3) is 16.7 Å². The number of amides is 1. The van der Waals surface area contributed by atoms with Crippen LogP contribution in [0.3, 0.4) is 0 Å². The van der Waals surface area contributed by atoms with Gasteiger partial charge < -0.3 is 10.1 Å². The summed E-state index contributed by atoms with van der Waals surface area (Å²) in [7, 11) is 1.58. The van der Waals surface area contributed by atoms with Crippen LogP contribution in [0, 0.1) is 6.92 Å². The average molecular weight is 486 g/mol. The first kappa shape index (κ1) is 24.4. The van der Waals surface area contributed by atoms with Crippen molar-refractivity contribution in [1.29, 1.82) is 0 Å². The van der Waals surface area contributed by atoms with Crippen LogP contribution in [-0.2, 0) is 6.54 Å². The number of aromatic nitrogens is 1. The Bertz CT molecular complexity index is 1340. The minimum absolute atomic E-state index is 0.159. The van der Waals surface area contributed by atoms with Crippen molar-refractivity contribution in [3.05, 3.63) is 100.0 Å². The second-order valence-electron chi connectivity index (χ2n) is 8.63. The Hall–Kier alpha value is -3.70. The molecule has 6 heteroatoms. The van der Waals surface area contributed by atoms with Crippen LogP contribution in [0.5, 0.6) is 5.75 Å². The van der Waals surface area contributed by atoms with Crippen molar-refractivity contribution in [1.82, 2.24) is 10.3 Å². The minimum Gasteiger partial charge on any atom is -0.495 e. The molecule has 1 N–H and O–H groups in total. The highest BCUT2D eigenvalue weighted by molar-refractivity contribution is 6.32. The number of pyridine rings is 1. The predicted octanol–water partition coefficient (Wildman–Crippen LogP) is 6.80. The summed E-state index contributed by atoms with van der Waals surface area (Å²) >= 11 is 6.26. The number of carbonyl (C=O) groups is 1. The van der Waals surface area contributed by atoms with Crippen LogP contribution < -0.4 is 10.1 Å². The molecule has 2 aromatic carbocycles. The highest BCUT2D eigenvalue weighted by atomic mass is 35.5. The number of rotatable bonds is 6. The molecule has 0 saturated heterocycles. The lowest BCUT2D eigenvalue weighted by Gasteiger charge is -2.16. The topological polar surface area (TPSA) is 63.6 Å². The zero-order chi connectivity index (χ0) is 24.8. The van der Waals surface area contributed by atoms with Gasteiger partial charge in [-0.25, -0.2) is 0 Å². The molecule has 0 bridgehead atoms. The van der Waals surface area contributed by atoms with Gasteiger partial charge in [0.1, 0.15) is 5.75 Å². The first-order chi connectivity index (χ1) is 16.9. The van der Waals surface area contributed by atoms with Crippen molar-refractivity contribution in [3.63, 3.8) is 0 Å². The standard InChI is InChI=1S/C29H28ClN3O2/c1-19-4-6-23(17-31-11-10-19)25-8-7-22(24-12-20(2)15-32-18-24)14-26(25)29(34)33-16-21-5-9-28(35-3)27(30)13-21/h5,7-15,17-18H,4,6,16H2,1-3H3,(H,33,34). The summed E-state index contributed by atoms with van der Waals surface area (Å²) in [6.07, 6.45) is 11.0. The van der Waals surface area contributed by atoms with Crippen molar-refractivity contribution < 1.29 is 9.53 Å². The molecular formula is C29H28ClN3O2. The number of nitrogens with zero attached hydrogens (tertiary/aromatic N) is 2. The molecule has 1 amide bonds. The Balaban J connectivity index is 1.68. The van der Waals surface area contributed by atoms with Gasteiger partial charge in [-0.15, -0.1) is 0 Å². The quantitative estimate of drug-likeness (QED) is 0.417. The molecule has 0 spiro atoms. The van der Waals surface area contributed by atoms with E-state index >= 15 is 0 Å². The van der Waals surface area contributed by atoms with Crippen LogP contribution in [0.1, 0.15) is 46.8 Å². The van der Waals surface area contributed by atoms with E-state index < -0.39 is 0 Å². The zero-order valence-corrected chi connectivity index (χ0v) is 20.9. The number of hydrogen-bond acceptors (Lipinski definition) is 4. The molecule has 3 aromatic rings. The smallest absolute Gasteiger partial charge is 0.252 e. The number of hydrogen-bond donors (Lipinski definition) is 1. The van der Waals surface area contributed by atoms with E-state index in [1.54, 1.807) is 25.5 Å². The second-order valence-corrected chi connectivity index (χ2v) is 9.04. The van der Waals surface area contributed by atoms with Gasteiger partial charge in [-0.3, -0.25) is 14.8 Å². The highest BCUT2D eigenvalue weighted by Gasteiger charge is 2.17. The lowest BCUT2D eigenvalue weighted by atomic mass is 9.91. The summed E-state index contributed by atoms with van der Waals surface area (Å²) in [5.74, 6) is 0.443. The Morgan fingerprint density at radius 2 is 1.91 bits per heavy atom. The van der Waals surface area contributed by atoms with Crippen molar-refractivity contribution in [2.75, 3.05) is 7.11 Å². The monoisotopic (exact) mass is 485 g/mol. The van der Waals surface area contributed by atoms with Gasteiger partial charge >= 0.3 is 0 Å². The fraction of sp³-hybridized carbons (Fsp3) is 0.207. The number of aliphatic imine (C=N–C) groups is 1. The number of benzene rings is 2. The number of carbonyl (C=O) groups excluding carboxylic acids is 1. The van der Waals surface area contributed by atoms with E-state index in [0.717, 1.165) is 46.2 Å².